The van der Waals surface area contributed by atoms with Gasteiger partial charge in [0.2, 0.25) is 0 Å². The predicted molar refractivity (Wildman–Crippen MR) is 151 cm³/mol. The minimum Gasteiger partial charge on any atom is -0.481 e. The number of carbonyl (C=O) groups is 4. The maximum absolute atomic E-state index is 13.6. The Labute approximate surface area is 238 Å². The summed E-state index contributed by atoms with van der Waals surface area (Å²) in [6.45, 7) is 10.1. The van der Waals surface area contributed by atoms with Crippen LogP contribution in [-0.4, -0.2) is 46.4 Å². The van der Waals surface area contributed by atoms with E-state index in [2.05, 4.69) is 20.8 Å². The van der Waals surface area contributed by atoms with Crippen molar-refractivity contribution in [3.8, 4) is 0 Å². The summed E-state index contributed by atoms with van der Waals surface area (Å²) in [5, 5.41) is 20.9. The van der Waals surface area contributed by atoms with Gasteiger partial charge in [-0.25, -0.2) is 0 Å². The second-order valence-corrected chi connectivity index (χ2v) is 13.6. The van der Waals surface area contributed by atoms with E-state index >= 15 is 0 Å². The third kappa shape index (κ3) is 5.35. The molecule has 5 aliphatic carbocycles. The van der Waals surface area contributed by atoms with E-state index in [1.165, 1.54) is 0 Å². The van der Waals surface area contributed by atoms with Crippen molar-refractivity contribution in [1.29, 1.82) is 0 Å². The number of ketones is 2. The molecule has 0 spiro atoms. The molecule has 0 saturated heterocycles. The summed E-state index contributed by atoms with van der Waals surface area (Å²) in [6, 6.07) is 0. The molecule has 0 aromatic carbocycles. The minimum absolute atomic E-state index is 0.0145. The molecule has 5 aliphatic rings. The molecule has 7 nitrogen and oxygen atoms in total. The molecule has 5 rings (SSSR count). The molecule has 4 fully saturated rings. The molecule has 40 heavy (non-hydrogen) atoms. The van der Waals surface area contributed by atoms with E-state index in [0.717, 1.165) is 37.7 Å². The minimum atomic E-state index is -0.904. The van der Waals surface area contributed by atoms with Gasteiger partial charge in [0.25, 0.3) is 0 Å². The molecule has 4 saturated carbocycles. The number of aliphatic hydroxyl groups is 1. The Bertz CT molecular complexity index is 1080. The zero-order valence-corrected chi connectivity index (χ0v) is 24.9. The molecule has 0 bridgehead atoms. The molecule has 2 N–H and O–H groups in total. The van der Waals surface area contributed by atoms with Crippen LogP contribution in [0.3, 0.4) is 0 Å². The van der Waals surface area contributed by atoms with Crippen molar-refractivity contribution in [2.75, 3.05) is 6.61 Å². The van der Waals surface area contributed by atoms with Crippen LogP contribution < -0.4 is 0 Å². The number of carboxylic acids is 1. The summed E-state index contributed by atoms with van der Waals surface area (Å²) in [5.74, 6) is -1.11. The Morgan fingerprint density at radius 2 is 1.77 bits per heavy atom. The SMILES string of the molecule is CC.C[C@@H]1CC2C3CCC4=CC(=O)C=CC4(C)C3C(O)CC2(C)C1C(=O)COC(=O)CC1(CC(=O)O)CCCC1. The van der Waals surface area contributed by atoms with E-state index in [4.69, 9.17) is 4.74 Å². The first-order valence-electron chi connectivity index (χ1n) is 15.4. The number of esters is 1. The van der Waals surface area contributed by atoms with Crippen LogP contribution in [0.5, 0.6) is 0 Å². The van der Waals surface area contributed by atoms with Crippen LogP contribution in [-0.2, 0) is 23.9 Å². The third-order valence-corrected chi connectivity index (χ3v) is 11.3. The summed E-state index contributed by atoms with van der Waals surface area (Å²) < 4.78 is 5.50. The first kappa shape index (κ1) is 30.7. The van der Waals surface area contributed by atoms with Gasteiger partial charge in [0.1, 0.15) is 6.61 Å². The standard InChI is InChI=1S/C31H42O7.C2H6/c1-18-12-22-21-7-6-19-13-20(32)8-11-29(19,2)28(21)23(33)14-30(22,3)27(18)24(34)17-38-26(37)16-31(15-25(35)36)9-4-5-10-31;1-2/h8,11,13,18,21-23,27-28,33H,4-7,9-10,12,14-17H2,1-3H3,(H,35,36);1-2H3/t18-,21?,22?,23?,27?,28?,29?,30?;/m1./s1. The second kappa shape index (κ2) is 11.5. The number of allylic oxidation sites excluding steroid dienone is 4. The van der Waals surface area contributed by atoms with E-state index in [0.29, 0.717) is 19.3 Å². The number of carbonyl (C=O) groups excluding carboxylic acids is 3. The lowest BCUT2D eigenvalue weighted by Gasteiger charge is -2.58. The molecule has 0 radical (unpaired) electrons. The normalized spacial score (nSPS) is 39.1. The fourth-order valence-electron chi connectivity index (χ4n) is 9.84. The van der Waals surface area contributed by atoms with Crippen molar-refractivity contribution < 1.29 is 34.1 Å². The number of hydrogen-bond acceptors (Lipinski definition) is 6. The molecule has 7 heteroatoms. The number of ether oxygens (including phenoxy) is 1. The van der Waals surface area contributed by atoms with Crippen LogP contribution in [0, 0.1) is 45.8 Å². The molecule has 0 aromatic heterocycles. The number of hydrogen-bond donors (Lipinski definition) is 2. The van der Waals surface area contributed by atoms with Gasteiger partial charge < -0.3 is 14.9 Å². The van der Waals surface area contributed by atoms with E-state index in [1.54, 1.807) is 12.2 Å². The smallest absolute Gasteiger partial charge is 0.306 e. The average molecular weight is 557 g/mol. The van der Waals surface area contributed by atoms with Crippen molar-refractivity contribution in [2.24, 2.45) is 45.8 Å². The van der Waals surface area contributed by atoms with Gasteiger partial charge in [-0.1, -0.05) is 59.1 Å². The van der Waals surface area contributed by atoms with Crippen LogP contribution in [0.1, 0.15) is 98.8 Å². The number of aliphatic carboxylic acids is 1. The van der Waals surface area contributed by atoms with Gasteiger partial charge >= 0.3 is 11.9 Å². The number of carboxylic acid groups (broad SMARTS) is 1. The Kier molecular flexibility index (Phi) is 8.85. The Balaban J connectivity index is 0.00000181. The van der Waals surface area contributed by atoms with E-state index < -0.39 is 23.5 Å². The largest absolute Gasteiger partial charge is 0.481 e. The molecule has 222 valence electrons. The maximum atomic E-state index is 13.6. The Morgan fingerprint density at radius 1 is 1.10 bits per heavy atom. The molecule has 0 aromatic rings. The lowest BCUT2D eigenvalue weighted by atomic mass is 9.46. The summed E-state index contributed by atoms with van der Waals surface area (Å²) in [4.78, 5) is 49.8. The molecular weight excluding hydrogens is 508 g/mol. The van der Waals surface area contributed by atoms with Gasteiger partial charge in [0.05, 0.1) is 18.9 Å². The van der Waals surface area contributed by atoms with Crippen LogP contribution in [0.4, 0.5) is 0 Å². The Hall–Kier alpha value is -2.28. The van der Waals surface area contributed by atoms with E-state index in [-0.39, 0.29) is 71.4 Å². The van der Waals surface area contributed by atoms with Crippen LogP contribution >= 0.6 is 0 Å². The van der Waals surface area contributed by atoms with Crippen LogP contribution in [0.25, 0.3) is 0 Å². The molecule has 8 atom stereocenters. The number of Topliss-reactive ketones (excluding diaryl/α,β-unsaturated/α-hetero) is 1. The van der Waals surface area contributed by atoms with Gasteiger partial charge in [0.15, 0.2) is 11.6 Å². The van der Waals surface area contributed by atoms with Crippen molar-refractivity contribution >= 4 is 23.5 Å². The monoisotopic (exact) mass is 556 g/mol. The molecule has 0 aliphatic heterocycles. The van der Waals surface area contributed by atoms with Crippen molar-refractivity contribution in [3.63, 3.8) is 0 Å². The highest BCUT2D eigenvalue weighted by atomic mass is 16.5. The zero-order valence-electron chi connectivity index (χ0n) is 24.9. The zero-order chi connectivity index (χ0) is 29.5. The van der Waals surface area contributed by atoms with Crippen molar-refractivity contribution in [1.82, 2.24) is 0 Å². The highest BCUT2D eigenvalue weighted by Gasteiger charge is 2.64. The van der Waals surface area contributed by atoms with Crippen LogP contribution in [0.15, 0.2) is 23.8 Å². The summed E-state index contributed by atoms with van der Waals surface area (Å²) >= 11 is 0. The molecule has 7 unspecified atom stereocenters. The first-order valence-corrected chi connectivity index (χ1v) is 15.4. The van der Waals surface area contributed by atoms with Gasteiger partial charge in [-0.2, -0.15) is 0 Å². The van der Waals surface area contributed by atoms with Gasteiger partial charge in [-0.15, -0.1) is 0 Å². The number of aliphatic hydroxyl groups excluding tert-OH is 1. The fraction of sp³-hybridized carbons (Fsp3) is 0.758. The molecule has 0 heterocycles. The quantitative estimate of drug-likeness (QED) is 0.387. The highest BCUT2D eigenvalue weighted by molar-refractivity contribution is 6.01. The Morgan fingerprint density at radius 3 is 2.42 bits per heavy atom. The van der Waals surface area contributed by atoms with Crippen molar-refractivity contribution in [2.45, 2.75) is 105 Å². The average Bonchev–Trinajstić information content (AvgIpc) is 3.44. The maximum Gasteiger partial charge on any atom is 0.306 e. The lowest BCUT2D eigenvalue weighted by Crippen LogP contribution is -2.56. The summed E-state index contributed by atoms with van der Waals surface area (Å²) in [5.41, 5.74) is -0.174. The summed E-state index contributed by atoms with van der Waals surface area (Å²) in [7, 11) is 0. The molecule has 0 amide bonds. The number of rotatable bonds is 7. The highest BCUT2D eigenvalue weighted by Crippen LogP contribution is 2.67. The van der Waals surface area contributed by atoms with Crippen molar-refractivity contribution in [3.05, 3.63) is 23.8 Å². The summed E-state index contributed by atoms with van der Waals surface area (Å²) in [6.07, 6.45) is 11.1. The predicted octanol–water partition coefficient (Wildman–Crippen LogP) is 5.69. The fourth-order valence-corrected chi connectivity index (χ4v) is 9.84. The molecular formula is C33H48O7. The van der Waals surface area contributed by atoms with Crippen LogP contribution in [0.2, 0.25) is 0 Å². The third-order valence-electron chi connectivity index (χ3n) is 11.3. The van der Waals surface area contributed by atoms with Gasteiger partial charge in [-0.05, 0) is 79.3 Å². The van der Waals surface area contributed by atoms with E-state index in [9.17, 15) is 29.4 Å². The number of fused-ring (bicyclic) bond motifs is 5. The first-order chi connectivity index (χ1) is 18.9. The van der Waals surface area contributed by atoms with E-state index in [1.807, 2.05) is 19.9 Å². The van der Waals surface area contributed by atoms with Gasteiger partial charge in [0, 0.05) is 17.3 Å². The van der Waals surface area contributed by atoms with Gasteiger partial charge in [-0.3, -0.25) is 19.2 Å². The topological polar surface area (TPSA) is 118 Å². The second-order valence-electron chi connectivity index (χ2n) is 13.6. The lowest BCUT2D eigenvalue weighted by molar-refractivity contribution is -0.156.